The highest BCUT2D eigenvalue weighted by molar-refractivity contribution is 6.31. The van der Waals surface area contributed by atoms with Crippen LogP contribution in [-0.2, 0) is 6.42 Å². The van der Waals surface area contributed by atoms with Crippen molar-refractivity contribution >= 4 is 28.9 Å². The summed E-state index contributed by atoms with van der Waals surface area (Å²) in [7, 11) is 0. The van der Waals surface area contributed by atoms with Gasteiger partial charge in [-0.25, -0.2) is 4.39 Å². The summed E-state index contributed by atoms with van der Waals surface area (Å²) in [6.45, 7) is 0. The van der Waals surface area contributed by atoms with E-state index in [2.05, 4.69) is 5.43 Å². The molecule has 5 N–H and O–H groups in total. The number of nitrogens with one attached hydrogen (secondary N) is 1. The van der Waals surface area contributed by atoms with E-state index in [0.29, 0.717) is 27.7 Å². The van der Waals surface area contributed by atoms with Gasteiger partial charge in [-0.05, 0) is 41.8 Å². The first-order valence-corrected chi connectivity index (χ1v) is 6.72. The van der Waals surface area contributed by atoms with Gasteiger partial charge in [0.15, 0.2) is 0 Å². The summed E-state index contributed by atoms with van der Waals surface area (Å²) in [5.41, 5.74) is 10.4. The molecule has 0 saturated heterocycles. The number of nitrogen functional groups attached to an aromatic ring is 1. The van der Waals surface area contributed by atoms with Gasteiger partial charge in [-0.15, -0.1) is 0 Å². The molecule has 0 aliphatic rings. The maximum absolute atomic E-state index is 13.8. The van der Waals surface area contributed by atoms with Gasteiger partial charge < -0.3 is 5.73 Å². The van der Waals surface area contributed by atoms with E-state index >= 15 is 0 Å². The predicted molar refractivity (Wildman–Crippen MR) is 81.0 cm³/mol. The molecule has 2 aromatic rings. The van der Waals surface area contributed by atoms with Crippen LogP contribution in [-0.4, -0.2) is 0 Å². The molecule has 0 saturated carbocycles. The van der Waals surface area contributed by atoms with Crippen LogP contribution >= 0.6 is 23.2 Å². The summed E-state index contributed by atoms with van der Waals surface area (Å²) in [5.74, 6) is 5.18. The second-order valence-electron chi connectivity index (χ2n) is 4.43. The first kappa shape index (κ1) is 15.1. The van der Waals surface area contributed by atoms with Crippen LogP contribution in [0.3, 0.4) is 0 Å². The molecule has 2 rings (SSSR count). The second-order valence-corrected chi connectivity index (χ2v) is 5.31. The topological polar surface area (TPSA) is 64.1 Å². The van der Waals surface area contributed by atoms with Crippen LogP contribution in [0.1, 0.15) is 17.2 Å². The van der Waals surface area contributed by atoms with E-state index in [0.717, 1.165) is 5.56 Å². The highest BCUT2D eigenvalue weighted by atomic mass is 35.5. The lowest BCUT2D eigenvalue weighted by atomic mass is 9.98. The minimum atomic E-state index is -0.370. The number of hydrogen-bond acceptors (Lipinski definition) is 3. The Morgan fingerprint density at radius 1 is 1.10 bits per heavy atom. The third kappa shape index (κ3) is 3.41. The van der Waals surface area contributed by atoms with Gasteiger partial charge in [0.05, 0.1) is 6.04 Å². The predicted octanol–water partition coefficient (Wildman–Crippen LogP) is 3.46. The number of rotatable bonds is 4. The molecule has 3 nitrogen and oxygen atoms in total. The average molecular weight is 314 g/mol. The van der Waals surface area contributed by atoms with Gasteiger partial charge in [0, 0.05) is 15.7 Å². The molecule has 0 aliphatic carbocycles. The summed E-state index contributed by atoms with van der Waals surface area (Å²) in [4.78, 5) is 0. The Morgan fingerprint density at radius 3 is 2.35 bits per heavy atom. The Kier molecular flexibility index (Phi) is 4.83. The molecular formula is C14H14Cl2FN3. The van der Waals surface area contributed by atoms with Gasteiger partial charge >= 0.3 is 0 Å². The highest BCUT2D eigenvalue weighted by Crippen LogP contribution is 2.27. The lowest BCUT2D eigenvalue weighted by molar-refractivity contribution is 0.530. The Labute approximate surface area is 126 Å². The molecule has 6 heteroatoms. The average Bonchev–Trinajstić information content (AvgIpc) is 2.39. The Bertz CT molecular complexity index is 619. The molecule has 1 atom stereocenters. The molecule has 0 aliphatic heterocycles. The molecule has 1 unspecified atom stereocenters. The van der Waals surface area contributed by atoms with E-state index in [9.17, 15) is 4.39 Å². The summed E-state index contributed by atoms with van der Waals surface area (Å²) in [5, 5.41) is 0.897. The summed E-state index contributed by atoms with van der Waals surface area (Å²) < 4.78 is 13.8. The molecule has 0 bridgehead atoms. The Morgan fingerprint density at radius 2 is 1.75 bits per heavy atom. The van der Waals surface area contributed by atoms with Crippen LogP contribution in [0.4, 0.5) is 10.1 Å². The smallest absolute Gasteiger partial charge is 0.127 e. The number of benzene rings is 2. The number of hydrazine groups is 1. The highest BCUT2D eigenvalue weighted by Gasteiger charge is 2.16. The molecule has 0 aromatic heterocycles. The first-order chi connectivity index (χ1) is 9.51. The van der Waals surface area contributed by atoms with Crippen molar-refractivity contribution in [3.8, 4) is 0 Å². The van der Waals surface area contributed by atoms with E-state index in [4.69, 9.17) is 34.8 Å². The van der Waals surface area contributed by atoms with Gasteiger partial charge in [0.1, 0.15) is 5.82 Å². The monoisotopic (exact) mass is 313 g/mol. The standard InChI is InChI=1S/C14H14Cl2FN3/c15-9-2-1-8(12(17)6-9)5-14(20-19)11-4-3-10(16)7-13(11)18/h1-4,6-7,14,20H,5,18-19H2. The maximum Gasteiger partial charge on any atom is 0.127 e. The van der Waals surface area contributed by atoms with Crippen molar-refractivity contribution < 1.29 is 4.39 Å². The SMILES string of the molecule is NNC(Cc1ccc(Cl)cc1F)c1ccc(Cl)cc1N. The summed E-state index contributed by atoms with van der Waals surface area (Å²) >= 11 is 11.6. The van der Waals surface area contributed by atoms with E-state index < -0.39 is 0 Å². The molecule has 0 fully saturated rings. The van der Waals surface area contributed by atoms with Crippen LogP contribution in [0.15, 0.2) is 36.4 Å². The zero-order valence-corrected chi connectivity index (χ0v) is 12.0. The van der Waals surface area contributed by atoms with Crippen molar-refractivity contribution in [3.63, 3.8) is 0 Å². The van der Waals surface area contributed by atoms with E-state index in [1.165, 1.54) is 6.07 Å². The van der Waals surface area contributed by atoms with Gasteiger partial charge in [-0.1, -0.05) is 35.3 Å². The number of hydrogen-bond donors (Lipinski definition) is 3. The molecular weight excluding hydrogens is 300 g/mol. The molecule has 2 aromatic carbocycles. The lowest BCUT2D eigenvalue weighted by Crippen LogP contribution is -2.30. The maximum atomic E-state index is 13.8. The van der Waals surface area contributed by atoms with Gasteiger partial charge in [-0.3, -0.25) is 11.3 Å². The fourth-order valence-electron chi connectivity index (χ4n) is 2.03. The number of halogens is 3. The molecule has 0 spiro atoms. The van der Waals surface area contributed by atoms with E-state index in [1.807, 2.05) is 0 Å². The van der Waals surface area contributed by atoms with Gasteiger partial charge in [-0.2, -0.15) is 0 Å². The van der Waals surface area contributed by atoms with Crippen molar-refractivity contribution in [3.05, 3.63) is 63.4 Å². The van der Waals surface area contributed by atoms with Crippen molar-refractivity contribution in [1.82, 2.24) is 5.43 Å². The quantitative estimate of drug-likeness (QED) is 0.460. The third-order valence-corrected chi connectivity index (χ3v) is 3.53. The van der Waals surface area contributed by atoms with Crippen LogP contribution in [0.2, 0.25) is 10.0 Å². The molecule has 0 amide bonds. The van der Waals surface area contributed by atoms with Crippen LogP contribution in [0.5, 0.6) is 0 Å². The van der Waals surface area contributed by atoms with Crippen molar-refractivity contribution in [1.29, 1.82) is 0 Å². The Balaban J connectivity index is 2.28. The van der Waals surface area contributed by atoms with Gasteiger partial charge in [0.2, 0.25) is 0 Å². The number of nitrogens with two attached hydrogens (primary N) is 2. The molecule has 0 heterocycles. The van der Waals surface area contributed by atoms with E-state index in [-0.39, 0.29) is 11.9 Å². The third-order valence-electron chi connectivity index (χ3n) is 3.06. The van der Waals surface area contributed by atoms with E-state index in [1.54, 1.807) is 30.3 Å². The van der Waals surface area contributed by atoms with Crippen LogP contribution < -0.4 is 17.0 Å². The first-order valence-electron chi connectivity index (χ1n) is 5.96. The Hall–Kier alpha value is -1.33. The molecule has 20 heavy (non-hydrogen) atoms. The summed E-state index contributed by atoms with van der Waals surface area (Å²) in [6, 6.07) is 9.36. The van der Waals surface area contributed by atoms with Crippen LogP contribution in [0.25, 0.3) is 0 Å². The fraction of sp³-hybridized carbons (Fsp3) is 0.143. The normalized spacial score (nSPS) is 12.4. The minimum absolute atomic E-state index is 0.317. The lowest BCUT2D eigenvalue weighted by Gasteiger charge is -2.19. The molecule has 106 valence electrons. The second kappa shape index (κ2) is 6.41. The molecule has 0 radical (unpaired) electrons. The van der Waals surface area contributed by atoms with Crippen molar-refractivity contribution in [2.75, 3.05) is 5.73 Å². The zero-order chi connectivity index (χ0) is 14.7. The van der Waals surface area contributed by atoms with Gasteiger partial charge in [0.25, 0.3) is 0 Å². The fourth-order valence-corrected chi connectivity index (χ4v) is 2.37. The van der Waals surface area contributed by atoms with Crippen LogP contribution in [0, 0.1) is 5.82 Å². The number of anilines is 1. The largest absolute Gasteiger partial charge is 0.398 e. The van der Waals surface area contributed by atoms with Crippen molar-refractivity contribution in [2.45, 2.75) is 12.5 Å². The zero-order valence-electron chi connectivity index (χ0n) is 10.5. The summed E-state index contributed by atoms with van der Waals surface area (Å²) in [6.07, 6.45) is 0.353. The van der Waals surface area contributed by atoms with Crippen molar-refractivity contribution in [2.24, 2.45) is 5.84 Å². The minimum Gasteiger partial charge on any atom is -0.398 e.